The highest BCUT2D eigenvalue weighted by Crippen LogP contribution is 2.42. The summed E-state index contributed by atoms with van der Waals surface area (Å²) in [6.45, 7) is 2.11. The topological polar surface area (TPSA) is 69.0 Å². The van der Waals surface area contributed by atoms with Crippen LogP contribution in [0, 0.1) is 0 Å². The number of carbonyl (C=O) groups excluding carboxylic acids is 1. The smallest absolute Gasteiger partial charge is 0.338 e. The summed E-state index contributed by atoms with van der Waals surface area (Å²) >= 11 is 0. The number of para-hydroxylation sites is 2. The lowest BCUT2D eigenvalue weighted by molar-refractivity contribution is -0.138. The summed E-state index contributed by atoms with van der Waals surface area (Å²) in [7, 11) is 0. The molecule has 6 nitrogen and oxygen atoms in total. The fourth-order valence-electron chi connectivity index (χ4n) is 3.95. The number of carbonyl (C=O) groups is 1. The average molecular weight is 396 g/mol. The van der Waals surface area contributed by atoms with Crippen LogP contribution < -0.4 is 5.32 Å². The number of nitrogens with zero attached hydrogens (tertiary/aromatic N) is 3. The highest BCUT2D eigenvalue weighted by Gasteiger charge is 2.36. The Morgan fingerprint density at radius 2 is 1.87 bits per heavy atom. The van der Waals surface area contributed by atoms with E-state index in [-0.39, 0.29) is 5.97 Å². The van der Waals surface area contributed by atoms with E-state index in [1.807, 2.05) is 78.2 Å². The number of hydrogen-bond acceptors (Lipinski definition) is 5. The zero-order valence-corrected chi connectivity index (χ0v) is 16.4. The van der Waals surface area contributed by atoms with E-state index >= 15 is 0 Å². The van der Waals surface area contributed by atoms with E-state index in [1.54, 1.807) is 12.4 Å². The molecule has 148 valence electrons. The molecule has 0 aliphatic carbocycles. The van der Waals surface area contributed by atoms with Crippen LogP contribution in [0.1, 0.15) is 24.1 Å². The van der Waals surface area contributed by atoms with Crippen LogP contribution in [0.4, 0.5) is 5.95 Å². The van der Waals surface area contributed by atoms with Crippen molar-refractivity contribution in [1.82, 2.24) is 14.5 Å². The van der Waals surface area contributed by atoms with E-state index in [4.69, 9.17) is 9.72 Å². The summed E-state index contributed by atoms with van der Waals surface area (Å²) in [5, 5.41) is 3.40. The molecule has 0 saturated carbocycles. The molecule has 0 unspecified atom stereocenters. The van der Waals surface area contributed by atoms with Gasteiger partial charge in [-0.25, -0.2) is 9.78 Å². The van der Waals surface area contributed by atoms with Crippen molar-refractivity contribution in [2.45, 2.75) is 13.0 Å². The Labute approximate surface area is 173 Å². The number of imidazole rings is 1. The van der Waals surface area contributed by atoms with Gasteiger partial charge in [-0.3, -0.25) is 9.55 Å². The summed E-state index contributed by atoms with van der Waals surface area (Å²) in [6, 6.07) is 21.1. The molecule has 0 amide bonds. The van der Waals surface area contributed by atoms with Gasteiger partial charge >= 0.3 is 5.97 Å². The highest BCUT2D eigenvalue weighted by atomic mass is 16.5. The van der Waals surface area contributed by atoms with Crippen LogP contribution in [0.25, 0.3) is 16.7 Å². The molecule has 2 aromatic heterocycles. The Bertz CT molecular complexity index is 1250. The maximum absolute atomic E-state index is 13.3. The van der Waals surface area contributed by atoms with Crippen molar-refractivity contribution in [3.05, 3.63) is 95.8 Å². The van der Waals surface area contributed by atoms with E-state index in [9.17, 15) is 4.79 Å². The normalized spacial score (nSPS) is 15.6. The number of fused-ring (bicyclic) bond motifs is 3. The first-order valence-electron chi connectivity index (χ1n) is 9.88. The SMILES string of the molecule is CCOC(=O)C1=C(c2ccccc2)Nc2nc3ccccc3n2[C@@H]1c1cccnc1. The van der Waals surface area contributed by atoms with E-state index in [1.165, 1.54) is 0 Å². The zero-order chi connectivity index (χ0) is 20.5. The van der Waals surface area contributed by atoms with Crippen LogP contribution in [0.3, 0.4) is 0 Å². The van der Waals surface area contributed by atoms with Gasteiger partial charge in [-0.1, -0.05) is 48.5 Å². The predicted molar refractivity (Wildman–Crippen MR) is 116 cm³/mol. The van der Waals surface area contributed by atoms with E-state index in [0.29, 0.717) is 23.8 Å². The molecule has 1 atom stereocenters. The number of hydrogen-bond donors (Lipinski definition) is 1. The molecule has 5 rings (SSSR count). The Morgan fingerprint density at radius 3 is 2.63 bits per heavy atom. The van der Waals surface area contributed by atoms with Gasteiger partial charge in [0.1, 0.15) is 0 Å². The summed E-state index contributed by atoms with van der Waals surface area (Å²) < 4.78 is 7.54. The van der Waals surface area contributed by atoms with Gasteiger partial charge in [0, 0.05) is 12.4 Å². The molecular formula is C24H20N4O2. The predicted octanol–water partition coefficient (Wildman–Crippen LogP) is 4.42. The van der Waals surface area contributed by atoms with Crippen molar-refractivity contribution in [3.63, 3.8) is 0 Å². The van der Waals surface area contributed by atoms with Crippen molar-refractivity contribution in [2.24, 2.45) is 0 Å². The van der Waals surface area contributed by atoms with Crippen molar-refractivity contribution in [2.75, 3.05) is 11.9 Å². The van der Waals surface area contributed by atoms with Gasteiger partial charge in [0.15, 0.2) is 0 Å². The minimum Gasteiger partial charge on any atom is -0.463 e. The van der Waals surface area contributed by atoms with Crippen LogP contribution in [0.2, 0.25) is 0 Å². The van der Waals surface area contributed by atoms with Gasteiger partial charge < -0.3 is 10.1 Å². The van der Waals surface area contributed by atoms with Crippen molar-refractivity contribution in [1.29, 1.82) is 0 Å². The third-order valence-corrected chi connectivity index (χ3v) is 5.19. The summed E-state index contributed by atoms with van der Waals surface area (Å²) in [5.74, 6) is 0.318. The average Bonchev–Trinajstić information content (AvgIpc) is 3.17. The summed E-state index contributed by atoms with van der Waals surface area (Å²) in [4.78, 5) is 22.4. The minimum absolute atomic E-state index is 0.293. The number of esters is 1. The van der Waals surface area contributed by atoms with E-state index in [0.717, 1.165) is 22.2 Å². The van der Waals surface area contributed by atoms with Crippen LogP contribution >= 0.6 is 0 Å². The van der Waals surface area contributed by atoms with Gasteiger partial charge in [-0.15, -0.1) is 0 Å². The second kappa shape index (κ2) is 7.48. The monoisotopic (exact) mass is 396 g/mol. The van der Waals surface area contributed by atoms with Gasteiger partial charge in [-0.05, 0) is 36.2 Å². The quantitative estimate of drug-likeness (QED) is 0.517. The Balaban J connectivity index is 1.83. The standard InChI is InChI=1S/C24H20N4O2/c1-2-30-23(29)20-21(16-9-4-3-5-10-16)27-24-26-18-12-6-7-13-19(18)28(24)22(20)17-11-8-14-25-15-17/h3-15,22H,2H2,1H3,(H,26,27)/t22-/m1/s1. The van der Waals surface area contributed by atoms with Crippen LogP contribution in [0.15, 0.2) is 84.7 Å². The first kappa shape index (κ1) is 18.1. The van der Waals surface area contributed by atoms with Crippen LogP contribution in [-0.2, 0) is 9.53 Å². The van der Waals surface area contributed by atoms with Gasteiger partial charge in [0.05, 0.1) is 35.0 Å². The second-order valence-corrected chi connectivity index (χ2v) is 6.98. The summed E-state index contributed by atoms with van der Waals surface area (Å²) in [6.07, 6.45) is 3.51. The molecule has 0 bridgehead atoms. The van der Waals surface area contributed by atoms with E-state index in [2.05, 4.69) is 10.3 Å². The maximum atomic E-state index is 13.3. The number of rotatable bonds is 4. The molecule has 0 fully saturated rings. The largest absolute Gasteiger partial charge is 0.463 e. The van der Waals surface area contributed by atoms with Crippen molar-refractivity contribution >= 4 is 28.6 Å². The molecule has 1 N–H and O–H groups in total. The molecule has 4 aromatic rings. The molecular weight excluding hydrogens is 376 g/mol. The summed E-state index contributed by atoms with van der Waals surface area (Å²) in [5.41, 5.74) is 4.80. The highest BCUT2D eigenvalue weighted by molar-refractivity contribution is 6.03. The van der Waals surface area contributed by atoms with Gasteiger partial charge in [-0.2, -0.15) is 0 Å². The first-order chi connectivity index (χ1) is 14.8. The lowest BCUT2D eigenvalue weighted by atomic mass is 9.93. The number of anilines is 1. The zero-order valence-electron chi connectivity index (χ0n) is 16.4. The molecule has 30 heavy (non-hydrogen) atoms. The number of nitrogens with one attached hydrogen (secondary N) is 1. The van der Waals surface area contributed by atoms with Crippen molar-refractivity contribution in [3.8, 4) is 0 Å². The van der Waals surface area contributed by atoms with Crippen LogP contribution in [-0.4, -0.2) is 27.1 Å². The lowest BCUT2D eigenvalue weighted by Gasteiger charge is -2.31. The lowest BCUT2D eigenvalue weighted by Crippen LogP contribution is -2.29. The molecule has 6 heteroatoms. The molecule has 2 aromatic carbocycles. The van der Waals surface area contributed by atoms with Crippen LogP contribution in [0.5, 0.6) is 0 Å². The third-order valence-electron chi connectivity index (χ3n) is 5.19. The number of benzene rings is 2. The molecule has 0 radical (unpaired) electrons. The molecule has 1 aliphatic rings. The molecule has 0 spiro atoms. The maximum Gasteiger partial charge on any atom is 0.338 e. The third kappa shape index (κ3) is 2.93. The Hall–Kier alpha value is -3.93. The van der Waals surface area contributed by atoms with E-state index < -0.39 is 6.04 Å². The minimum atomic E-state index is -0.420. The van der Waals surface area contributed by atoms with Gasteiger partial charge in [0.2, 0.25) is 5.95 Å². The van der Waals surface area contributed by atoms with Crippen molar-refractivity contribution < 1.29 is 9.53 Å². The molecule has 1 aliphatic heterocycles. The Morgan fingerprint density at radius 1 is 1.07 bits per heavy atom. The Kier molecular flexibility index (Phi) is 4.52. The van der Waals surface area contributed by atoms with Gasteiger partial charge in [0.25, 0.3) is 0 Å². The number of pyridine rings is 1. The second-order valence-electron chi connectivity index (χ2n) is 6.98. The first-order valence-corrected chi connectivity index (χ1v) is 9.88. The number of ether oxygens (including phenoxy) is 1. The fourth-order valence-corrected chi connectivity index (χ4v) is 3.95. The molecule has 3 heterocycles. The number of aromatic nitrogens is 3. The molecule has 0 saturated heterocycles. The fraction of sp³-hybridized carbons (Fsp3) is 0.125.